The molecule has 0 bridgehead atoms. The van der Waals surface area contributed by atoms with E-state index in [0.717, 1.165) is 16.7 Å². The van der Waals surface area contributed by atoms with Crippen LogP contribution in [-0.4, -0.2) is 9.38 Å². The average Bonchev–Trinajstić information content (AvgIpc) is 2.41. The standard InChI is InChI=1S/C8H6F3N3/c9-8(10,11)5-2-1-3-7-13-6(12)4-14(5)7/h1-4H,12H2. The number of aromatic nitrogens is 2. The van der Waals surface area contributed by atoms with Crippen LogP contribution in [0.25, 0.3) is 5.65 Å². The van der Waals surface area contributed by atoms with E-state index in [9.17, 15) is 13.2 Å². The number of nitrogens with zero attached hydrogens (tertiary/aromatic N) is 2. The molecule has 2 aromatic heterocycles. The lowest BCUT2D eigenvalue weighted by molar-refractivity contribution is -0.142. The molecule has 2 rings (SSSR count). The number of rotatable bonds is 0. The van der Waals surface area contributed by atoms with Gasteiger partial charge in [0.25, 0.3) is 0 Å². The van der Waals surface area contributed by atoms with Crippen LogP contribution in [0.2, 0.25) is 0 Å². The highest BCUT2D eigenvalue weighted by atomic mass is 19.4. The smallest absolute Gasteiger partial charge is 0.382 e. The number of hydrogen-bond acceptors (Lipinski definition) is 2. The summed E-state index contributed by atoms with van der Waals surface area (Å²) in [5.74, 6) is 0.0710. The fraction of sp³-hybridized carbons (Fsp3) is 0.125. The fourth-order valence-electron chi connectivity index (χ4n) is 1.26. The molecule has 0 saturated heterocycles. The third-order valence-corrected chi connectivity index (χ3v) is 1.80. The Morgan fingerprint density at radius 2 is 2.00 bits per heavy atom. The number of imidazole rings is 1. The van der Waals surface area contributed by atoms with Crippen molar-refractivity contribution >= 4 is 11.5 Å². The Hall–Kier alpha value is -1.72. The van der Waals surface area contributed by atoms with Crippen molar-refractivity contribution in [3.63, 3.8) is 0 Å². The van der Waals surface area contributed by atoms with Crippen LogP contribution in [0.1, 0.15) is 5.69 Å². The zero-order valence-electron chi connectivity index (χ0n) is 6.92. The van der Waals surface area contributed by atoms with Crippen LogP contribution in [0, 0.1) is 0 Å². The van der Waals surface area contributed by atoms with E-state index in [-0.39, 0.29) is 11.5 Å². The highest BCUT2D eigenvalue weighted by Crippen LogP contribution is 2.29. The van der Waals surface area contributed by atoms with Crippen LogP contribution >= 0.6 is 0 Å². The van der Waals surface area contributed by atoms with Crippen LogP contribution in [0.5, 0.6) is 0 Å². The molecule has 0 aliphatic heterocycles. The molecule has 3 nitrogen and oxygen atoms in total. The first-order valence-corrected chi connectivity index (χ1v) is 3.79. The zero-order valence-corrected chi connectivity index (χ0v) is 6.92. The molecule has 0 radical (unpaired) electrons. The molecule has 0 saturated carbocycles. The first-order valence-electron chi connectivity index (χ1n) is 3.79. The minimum Gasteiger partial charge on any atom is -0.382 e. The maximum absolute atomic E-state index is 12.4. The quantitative estimate of drug-likeness (QED) is 0.707. The number of hydrogen-bond donors (Lipinski definition) is 1. The van der Waals surface area contributed by atoms with Crippen LogP contribution in [-0.2, 0) is 6.18 Å². The number of alkyl halides is 3. The molecule has 0 aliphatic rings. The van der Waals surface area contributed by atoms with Crippen LogP contribution in [0.15, 0.2) is 24.4 Å². The predicted octanol–water partition coefficient (Wildman–Crippen LogP) is 1.94. The van der Waals surface area contributed by atoms with Crippen molar-refractivity contribution in [2.45, 2.75) is 6.18 Å². The van der Waals surface area contributed by atoms with Gasteiger partial charge in [0.15, 0.2) is 0 Å². The number of fused-ring (bicyclic) bond motifs is 1. The SMILES string of the molecule is Nc1cn2c(C(F)(F)F)cccc2n1. The van der Waals surface area contributed by atoms with E-state index in [1.165, 1.54) is 12.1 Å². The molecule has 6 heteroatoms. The van der Waals surface area contributed by atoms with Crippen molar-refractivity contribution in [3.8, 4) is 0 Å². The molecule has 2 heterocycles. The van der Waals surface area contributed by atoms with Crippen LogP contribution in [0.4, 0.5) is 19.0 Å². The predicted molar refractivity (Wildman–Crippen MR) is 44.6 cm³/mol. The van der Waals surface area contributed by atoms with E-state index in [4.69, 9.17) is 5.73 Å². The number of nitrogen functional groups attached to an aromatic ring is 1. The van der Waals surface area contributed by atoms with Gasteiger partial charge in [-0.3, -0.25) is 4.40 Å². The Morgan fingerprint density at radius 3 is 2.64 bits per heavy atom. The van der Waals surface area contributed by atoms with E-state index < -0.39 is 11.9 Å². The Balaban J connectivity index is 2.77. The summed E-state index contributed by atoms with van der Waals surface area (Å²) >= 11 is 0. The lowest BCUT2D eigenvalue weighted by Gasteiger charge is -2.08. The lowest BCUT2D eigenvalue weighted by Crippen LogP contribution is -2.10. The van der Waals surface area contributed by atoms with E-state index in [0.29, 0.717) is 0 Å². The molecule has 0 fully saturated rings. The van der Waals surface area contributed by atoms with Crippen molar-refractivity contribution in [3.05, 3.63) is 30.1 Å². The van der Waals surface area contributed by atoms with E-state index in [1.807, 2.05) is 0 Å². The molecule has 0 unspecified atom stereocenters. The molecule has 0 aliphatic carbocycles. The minimum absolute atomic E-state index is 0.0710. The van der Waals surface area contributed by atoms with Crippen molar-refractivity contribution in [1.82, 2.24) is 9.38 Å². The first kappa shape index (κ1) is 8.86. The second-order valence-electron chi connectivity index (χ2n) is 2.80. The van der Waals surface area contributed by atoms with E-state index in [2.05, 4.69) is 4.98 Å². The van der Waals surface area contributed by atoms with Crippen molar-refractivity contribution < 1.29 is 13.2 Å². The molecule has 74 valence electrons. The van der Waals surface area contributed by atoms with Gasteiger partial charge in [-0.1, -0.05) is 6.07 Å². The molecule has 0 amide bonds. The summed E-state index contributed by atoms with van der Waals surface area (Å²) in [6.07, 6.45) is -3.25. The topological polar surface area (TPSA) is 43.3 Å². The molecule has 2 aromatic rings. The average molecular weight is 201 g/mol. The maximum atomic E-state index is 12.4. The van der Waals surface area contributed by atoms with Gasteiger partial charge in [0.2, 0.25) is 0 Å². The zero-order chi connectivity index (χ0) is 10.3. The van der Waals surface area contributed by atoms with Gasteiger partial charge in [0.05, 0.1) is 6.20 Å². The number of anilines is 1. The third-order valence-electron chi connectivity index (χ3n) is 1.80. The van der Waals surface area contributed by atoms with Gasteiger partial charge in [0, 0.05) is 0 Å². The van der Waals surface area contributed by atoms with Crippen molar-refractivity contribution in [2.24, 2.45) is 0 Å². The summed E-state index contributed by atoms with van der Waals surface area (Å²) < 4.78 is 38.2. The Morgan fingerprint density at radius 1 is 1.29 bits per heavy atom. The van der Waals surface area contributed by atoms with Crippen LogP contribution < -0.4 is 5.73 Å². The Kier molecular flexibility index (Phi) is 1.67. The molecule has 14 heavy (non-hydrogen) atoms. The highest BCUT2D eigenvalue weighted by molar-refractivity contribution is 5.48. The lowest BCUT2D eigenvalue weighted by atomic mass is 10.3. The van der Waals surface area contributed by atoms with Crippen molar-refractivity contribution in [2.75, 3.05) is 5.73 Å². The summed E-state index contributed by atoms with van der Waals surface area (Å²) in [5.41, 5.74) is 4.72. The molecule has 0 atom stereocenters. The van der Waals surface area contributed by atoms with Gasteiger partial charge in [-0.15, -0.1) is 0 Å². The van der Waals surface area contributed by atoms with Gasteiger partial charge in [-0.05, 0) is 12.1 Å². The summed E-state index contributed by atoms with van der Waals surface area (Å²) in [7, 11) is 0. The van der Waals surface area contributed by atoms with Gasteiger partial charge >= 0.3 is 6.18 Å². The number of halogens is 3. The van der Waals surface area contributed by atoms with E-state index >= 15 is 0 Å². The second-order valence-corrected chi connectivity index (χ2v) is 2.80. The van der Waals surface area contributed by atoms with Crippen LogP contribution in [0.3, 0.4) is 0 Å². The highest BCUT2D eigenvalue weighted by Gasteiger charge is 2.33. The van der Waals surface area contributed by atoms with Gasteiger partial charge < -0.3 is 5.73 Å². The Labute approximate surface area is 77.0 Å². The molecule has 0 aromatic carbocycles. The summed E-state index contributed by atoms with van der Waals surface area (Å²) in [6, 6.07) is 3.74. The van der Waals surface area contributed by atoms with E-state index in [1.54, 1.807) is 0 Å². The third kappa shape index (κ3) is 1.28. The monoisotopic (exact) mass is 201 g/mol. The molecule has 2 N–H and O–H groups in total. The second kappa shape index (κ2) is 2.63. The van der Waals surface area contributed by atoms with Gasteiger partial charge in [-0.25, -0.2) is 4.98 Å². The van der Waals surface area contributed by atoms with Crippen molar-refractivity contribution in [1.29, 1.82) is 0 Å². The summed E-state index contributed by atoms with van der Waals surface area (Å²) in [6.45, 7) is 0. The fourth-order valence-corrected chi connectivity index (χ4v) is 1.26. The molecule has 0 spiro atoms. The minimum atomic E-state index is -4.40. The van der Waals surface area contributed by atoms with Gasteiger partial charge in [-0.2, -0.15) is 13.2 Å². The number of nitrogens with two attached hydrogens (primary N) is 1. The summed E-state index contributed by atoms with van der Waals surface area (Å²) in [5, 5.41) is 0. The Bertz CT molecular complexity index is 472. The number of pyridine rings is 1. The van der Waals surface area contributed by atoms with Gasteiger partial charge in [0.1, 0.15) is 17.2 Å². The largest absolute Gasteiger partial charge is 0.431 e. The molecular formula is C8H6F3N3. The first-order chi connectivity index (χ1) is 6.48. The normalized spacial score (nSPS) is 12.2. The molecular weight excluding hydrogens is 195 g/mol. The summed E-state index contributed by atoms with van der Waals surface area (Å²) in [4.78, 5) is 3.73. The maximum Gasteiger partial charge on any atom is 0.431 e.